The van der Waals surface area contributed by atoms with E-state index < -0.39 is 17.7 Å². The molecule has 1 N–H and O–H groups in total. The molecule has 0 radical (unpaired) electrons. The first-order chi connectivity index (χ1) is 14.1. The zero-order chi connectivity index (χ0) is 20.8. The fourth-order valence-corrected chi connectivity index (χ4v) is 2.87. The summed E-state index contributed by atoms with van der Waals surface area (Å²) in [6, 6.07) is 12.4. The van der Waals surface area contributed by atoms with E-state index in [-0.39, 0.29) is 17.9 Å². The Morgan fingerprint density at radius 3 is 2.52 bits per heavy atom. The number of hydrogen-bond acceptors (Lipinski definition) is 5. The number of ether oxygens (including phenoxy) is 1. The van der Waals surface area contributed by atoms with Gasteiger partial charge in [0.2, 0.25) is 0 Å². The summed E-state index contributed by atoms with van der Waals surface area (Å²) in [5.74, 6) is -1.63. The average Bonchev–Trinajstić information content (AvgIpc) is 3.38. The van der Waals surface area contributed by atoms with Crippen LogP contribution in [0.5, 0.6) is 0 Å². The zero-order valence-corrected chi connectivity index (χ0v) is 16.3. The van der Waals surface area contributed by atoms with Crippen molar-refractivity contribution >= 4 is 17.7 Å². The minimum Gasteiger partial charge on any atom is -0.462 e. The molecule has 1 aromatic carbocycles. The van der Waals surface area contributed by atoms with E-state index in [4.69, 9.17) is 4.74 Å². The van der Waals surface area contributed by atoms with Gasteiger partial charge in [0.05, 0.1) is 18.5 Å². The Bertz CT molecular complexity index is 1020. The van der Waals surface area contributed by atoms with E-state index in [1.165, 1.54) is 21.5 Å². The lowest BCUT2D eigenvalue weighted by molar-refractivity contribution is -0.117. The third-order valence-corrected chi connectivity index (χ3v) is 4.19. The topological polar surface area (TPSA) is 95.2 Å². The van der Waals surface area contributed by atoms with Crippen LogP contribution in [-0.4, -0.2) is 45.2 Å². The summed E-state index contributed by atoms with van der Waals surface area (Å²) in [6.45, 7) is 4.21. The van der Waals surface area contributed by atoms with Crippen LogP contribution in [0.3, 0.4) is 0 Å². The second-order valence-corrected chi connectivity index (χ2v) is 6.20. The van der Waals surface area contributed by atoms with Gasteiger partial charge in [0, 0.05) is 12.7 Å². The normalized spacial score (nSPS) is 10.6. The molecule has 0 aliphatic heterocycles. The van der Waals surface area contributed by atoms with Gasteiger partial charge in [0.15, 0.2) is 5.82 Å². The zero-order valence-electron chi connectivity index (χ0n) is 16.3. The lowest BCUT2D eigenvalue weighted by atomic mass is 10.2. The Labute approximate surface area is 168 Å². The quantitative estimate of drug-likeness (QED) is 0.360. The van der Waals surface area contributed by atoms with Crippen molar-refractivity contribution < 1.29 is 19.1 Å². The molecule has 3 aromatic rings. The number of nitrogens with one attached hydrogen (secondary N) is 1. The molecule has 0 fully saturated rings. The molecule has 29 heavy (non-hydrogen) atoms. The van der Waals surface area contributed by atoms with Crippen molar-refractivity contribution in [3.8, 4) is 11.5 Å². The SMILES string of the molecule is CCCNC(=O)C(=O)c1cccn1-c1c(C(=O)OCC)cnn1-c1ccccc1. The Kier molecular flexibility index (Phi) is 6.23. The molecule has 2 aromatic heterocycles. The van der Waals surface area contributed by atoms with Gasteiger partial charge in [-0.25, -0.2) is 9.48 Å². The van der Waals surface area contributed by atoms with Crippen molar-refractivity contribution in [1.82, 2.24) is 19.7 Å². The number of para-hydroxylation sites is 1. The molecule has 1 amide bonds. The first-order valence-electron chi connectivity index (χ1n) is 9.39. The number of benzene rings is 1. The maximum atomic E-state index is 12.7. The predicted molar refractivity (Wildman–Crippen MR) is 106 cm³/mol. The van der Waals surface area contributed by atoms with Crippen molar-refractivity contribution in [3.05, 3.63) is 66.1 Å². The van der Waals surface area contributed by atoms with Crippen LogP contribution >= 0.6 is 0 Å². The van der Waals surface area contributed by atoms with Crippen molar-refractivity contribution in [2.45, 2.75) is 20.3 Å². The average molecular weight is 394 g/mol. The summed E-state index contributed by atoms with van der Waals surface area (Å²) in [5.41, 5.74) is 1.01. The van der Waals surface area contributed by atoms with Gasteiger partial charge in [-0.3, -0.25) is 14.2 Å². The highest BCUT2D eigenvalue weighted by molar-refractivity contribution is 6.42. The van der Waals surface area contributed by atoms with Gasteiger partial charge in [-0.2, -0.15) is 5.10 Å². The lowest BCUT2D eigenvalue weighted by Gasteiger charge is -2.13. The van der Waals surface area contributed by atoms with Crippen LogP contribution < -0.4 is 5.32 Å². The predicted octanol–water partition coefficient (Wildman–Crippen LogP) is 2.55. The molecule has 0 saturated carbocycles. The summed E-state index contributed by atoms with van der Waals surface area (Å²) in [6.07, 6.45) is 3.72. The minimum atomic E-state index is -0.699. The number of esters is 1. The maximum Gasteiger partial charge on any atom is 0.343 e. The summed E-state index contributed by atoms with van der Waals surface area (Å²) in [4.78, 5) is 37.4. The van der Waals surface area contributed by atoms with E-state index in [0.717, 1.165) is 0 Å². The van der Waals surface area contributed by atoms with E-state index in [9.17, 15) is 14.4 Å². The van der Waals surface area contributed by atoms with E-state index in [0.29, 0.717) is 24.5 Å². The highest BCUT2D eigenvalue weighted by Gasteiger charge is 2.26. The summed E-state index contributed by atoms with van der Waals surface area (Å²) >= 11 is 0. The van der Waals surface area contributed by atoms with Crippen molar-refractivity contribution in [2.24, 2.45) is 0 Å². The first kappa shape index (κ1) is 20.1. The summed E-state index contributed by atoms with van der Waals surface area (Å²) < 4.78 is 8.17. The Balaban J connectivity index is 2.12. The van der Waals surface area contributed by atoms with Gasteiger partial charge >= 0.3 is 5.97 Å². The maximum absolute atomic E-state index is 12.7. The monoisotopic (exact) mass is 394 g/mol. The van der Waals surface area contributed by atoms with E-state index in [2.05, 4.69) is 10.4 Å². The molecule has 0 aliphatic carbocycles. The van der Waals surface area contributed by atoms with Crippen molar-refractivity contribution in [1.29, 1.82) is 0 Å². The van der Waals surface area contributed by atoms with Gasteiger partial charge in [0.25, 0.3) is 11.7 Å². The molecule has 0 saturated heterocycles. The number of nitrogens with zero attached hydrogens (tertiary/aromatic N) is 3. The third kappa shape index (κ3) is 4.11. The van der Waals surface area contributed by atoms with Crippen LogP contribution in [0.15, 0.2) is 54.9 Å². The number of aromatic nitrogens is 3. The molecule has 0 aliphatic rings. The van der Waals surface area contributed by atoms with Gasteiger partial charge < -0.3 is 10.1 Å². The van der Waals surface area contributed by atoms with Gasteiger partial charge in [-0.05, 0) is 37.6 Å². The first-order valence-corrected chi connectivity index (χ1v) is 9.39. The number of hydrogen-bond donors (Lipinski definition) is 1. The highest BCUT2D eigenvalue weighted by Crippen LogP contribution is 2.23. The van der Waals surface area contributed by atoms with Crippen molar-refractivity contribution in [3.63, 3.8) is 0 Å². The third-order valence-electron chi connectivity index (χ3n) is 4.19. The molecular formula is C21H22N4O4. The molecule has 8 nitrogen and oxygen atoms in total. The molecule has 0 unspecified atom stereocenters. The molecule has 150 valence electrons. The summed E-state index contributed by atoms with van der Waals surface area (Å²) in [5, 5.41) is 6.90. The Morgan fingerprint density at radius 2 is 1.83 bits per heavy atom. The number of rotatable bonds is 8. The largest absolute Gasteiger partial charge is 0.462 e. The second kappa shape index (κ2) is 9.01. The van der Waals surface area contributed by atoms with Crippen molar-refractivity contribution in [2.75, 3.05) is 13.2 Å². The number of ketones is 1. The van der Waals surface area contributed by atoms with Crippen LogP contribution in [0.4, 0.5) is 0 Å². The number of amides is 1. The lowest BCUT2D eigenvalue weighted by Crippen LogP contribution is -2.32. The number of carbonyl (C=O) groups is 3. The number of carbonyl (C=O) groups excluding carboxylic acids is 3. The molecular weight excluding hydrogens is 372 g/mol. The molecule has 2 heterocycles. The second-order valence-electron chi connectivity index (χ2n) is 6.20. The van der Waals surface area contributed by atoms with E-state index in [1.807, 2.05) is 37.3 Å². The Morgan fingerprint density at radius 1 is 1.07 bits per heavy atom. The molecule has 8 heteroatoms. The molecule has 0 bridgehead atoms. The summed E-state index contributed by atoms with van der Waals surface area (Å²) in [7, 11) is 0. The Hall–Kier alpha value is -3.68. The standard InChI is InChI=1S/C21H22N4O4/c1-3-12-22-19(27)18(26)17-11-8-13-24(17)20-16(21(28)29-4-2)14-23-25(20)15-9-6-5-7-10-15/h5-11,13-14H,3-4,12H2,1-2H3,(H,22,27). The van der Waals surface area contributed by atoms with Gasteiger partial charge in [-0.1, -0.05) is 25.1 Å². The highest BCUT2D eigenvalue weighted by atomic mass is 16.5. The van der Waals surface area contributed by atoms with Crippen LogP contribution in [-0.2, 0) is 9.53 Å². The smallest absolute Gasteiger partial charge is 0.343 e. The van der Waals surface area contributed by atoms with Crippen LogP contribution in [0.2, 0.25) is 0 Å². The fourth-order valence-electron chi connectivity index (χ4n) is 2.87. The number of Topliss-reactive ketones (excluding diaryl/α,β-unsaturated/α-hetero) is 1. The molecule has 3 rings (SSSR count). The van der Waals surface area contributed by atoms with Crippen LogP contribution in [0.1, 0.15) is 41.1 Å². The minimum absolute atomic E-state index is 0.127. The van der Waals surface area contributed by atoms with E-state index in [1.54, 1.807) is 19.2 Å². The van der Waals surface area contributed by atoms with Gasteiger partial charge in [0.1, 0.15) is 11.3 Å². The molecule has 0 spiro atoms. The van der Waals surface area contributed by atoms with Gasteiger partial charge in [-0.15, -0.1) is 0 Å². The van der Waals surface area contributed by atoms with Crippen LogP contribution in [0.25, 0.3) is 11.5 Å². The molecule has 0 atom stereocenters. The van der Waals surface area contributed by atoms with E-state index >= 15 is 0 Å². The fraction of sp³-hybridized carbons (Fsp3) is 0.238. The van der Waals surface area contributed by atoms with Crippen LogP contribution in [0, 0.1) is 0 Å².